The summed E-state index contributed by atoms with van der Waals surface area (Å²) < 4.78 is 11.6. The molecule has 1 aromatic carbocycles. The number of aryl methyl sites for hydroxylation is 1. The van der Waals surface area contributed by atoms with Gasteiger partial charge >= 0.3 is 0 Å². The number of aliphatic hydroxyl groups is 1. The third-order valence-corrected chi connectivity index (χ3v) is 3.43. The summed E-state index contributed by atoms with van der Waals surface area (Å²) in [5.74, 6) is 0.295. The van der Waals surface area contributed by atoms with Crippen molar-refractivity contribution in [3.63, 3.8) is 0 Å². The Balaban J connectivity index is 1.72. The van der Waals surface area contributed by atoms with Crippen molar-refractivity contribution < 1.29 is 19.4 Å². The van der Waals surface area contributed by atoms with E-state index in [1.54, 1.807) is 7.11 Å². The number of rotatable bonds is 8. The van der Waals surface area contributed by atoms with E-state index >= 15 is 0 Å². The zero-order chi connectivity index (χ0) is 18.2. The number of hydrogen-bond donors (Lipinski definition) is 2. The monoisotopic (exact) mass is 347 g/mol. The quantitative estimate of drug-likeness (QED) is 0.702. The van der Waals surface area contributed by atoms with Gasteiger partial charge in [0.15, 0.2) is 0 Å². The van der Waals surface area contributed by atoms with Crippen molar-refractivity contribution in [3.05, 3.63) is 58.0 Å². The topological polar surface area (TPSA) is 103 Å². The zero-order valence-electron chi connectivity index (χ0n) is 14.1. The van der Waals surface area contributed by atoms with Crippen LogP contribution in [0.2, 0.25) is 0 Å². The van der Waals surface area contributed by atoms with Crippen LogP contribution < -0.4 is 15.6 Å². The van der Waals surface area contributed by atoms with Crippen LogP contribution in [-0.2, 0) is 18.4 Å². The third-order valence-electron chi connectivity index (χ3n) is 3.43. The molecule has 0 radical (unpaired) electrons. The SMILES string of the molecule is COc1ccc(COC[C@H](O)CNC(=O)c2ccc(=O)n(C)n2)cc1. The van der Waals surface area contributed by atoms with E-state index in [0.29, 0.717) is 6.61 Å². The molecule has 8 nitrogen and oxygen atoms in total. The Kier molecular flexibility index (Phi) is 6.67. The second-order valence-electron chi connectivity index (χ2n) is 5.41. The van der Waals surface area contributed by atoms with Gasteiger partial charge in [0.05, 0.1) is 26.4 Å². The predicted octanol–water partition coefficient (Wildman–Crippen LogP) is 0.0964. The van der Waals surface area contributed by atoms with Crippen molar-refractivity contribution >= 4 is 5.91 Å². The van der Waals surface area contributed by atoms with Gasteiger partial charge in [0, 0.05) is 19.7 Å². The number of carbonyl (C=O) groups is 1. The first-order valence-corrected chi connectivity index (χ1v) is 7.71. The van der Waals surface area contributed by atoms with Gasteiger partial charge in [-0.05, 0) is 23.8 Å². The number of amides is 1. The summed E-state index contributed by atoms with van der Waals surface area (Å²) in [6.07, 6.45) is -0.852. The fraction of sp³-hybridized carbons (Fsp3) is 0.353. The summed E-state index contributed by atoms with van der Waals surface area (Å²) in [5.41, 5.74) is 0.753. The smallest absolute Gasteiger partial charge is 0.271 e. The summed E-state index contributed by atoms with van der Waals surface area (Å²) >= 11 is 0. The summed E-state index contributed by atoms with van der Waals surface area (Å²) in [5, 5.41) is 16.2. The normalized spacial score (nSPS) is 11.8. The molecular weight excluding hydrogens is 326 g/mol. The second-order valence-corrected chi connectivity index (χ2v) is 5.41. The molecule has 25 heavy (non-hydrogen) atoms. The van der Waals surface area contributed by atoms with Crippen LogP contribution in [0.4, 0.5) is 0 Å². The van der Waals surface area contributed by atoms with E-state index in [1.807, 2.05) is 24.3 Å². The van der Waals surface area contributed by atoms with E-state index in [9.17, 15) is 14.7 Å². The maximum atomic E-state index is 11.9. The highest BCUT2D eigenvalue weighted by molar-refractivity contribution is 5.91. The Hall–Kier alpha value is -2.71. The largest absolute Gasteiger partial charge is 0.497 e. The van der Waals surface area contributed by atoms with Gasteiger partial charge in [-0.3, -0.25) is 9.59 Å². The molecule has 0 saturated heterocycles. The molecular formula is C17H21N3O5. The minimum Gasteiger partial charge on any atom is -0.497 e. The molecule has 1 amide bonds. The number of carbonyl (C=O) groups excluding carboxylic acids is 1. The summed E-state index contributed by atoms with van der Waals surface area (Å²) in [4.78, 5) is 23.2. The Morgan fingerprint density at radius 2 is 2.00 bits per heavy atom. The van der Waals surface area contributed by atoms with Crippen molar-refractivity contribution in [1.82, 2.24) is 15.1 Å². The first kappa shape index (κ1) is 18.6. The molecule has 2 aromatic rings. The highest BCUT2D eigenvalue weighted by Gasteiger charge is 2.11. The number of methoxy groups -OCH3 is 1. The number of nitrogens with one attached hydrogen (secondary N) is 1. The zero-order valence-corrected chi connectivity index (χ0v) is 14.1. The van der Waals surface area contributed by atoms with Crippen LogP contribution in [0.25, 0.3) is 0 Å². The molecule has 8 heteroatoms. The molecule has 134 valence electrons. The highest BCUT2D eigenvalue weighted by Crippen LogP contribution is 2.11. The van der Waals surface area contributed by atoms with E-state index in [4.69, 9.17) is 9.47 Å². The second kappa shape index (κ2) is 8.95. The highest BCUT2D eigenvalue weighted by atomic mass is 16.5. The van der Waals surface area contributed by atoms with E-state index in [1.165, 1.54) is 19.2 Å². The maximum absolute atomic E-state index is 11.9. The number of hydrogen-bond acceptors (Lipinski definition) is 6. The van der Waals surface area contributed by atoms with E-state index in [0.717, 1.165) is 16.0 Å². The van der Waals surface area contributed by atoms with Gasteiger partial charge in [0.25, 0.3) is 11.5 Å². The number of aliphatic hydroxyl groups excluding tert-OH is 1. The average molecular weight is 347 g/mol. The van der Waals surface area contributed by atoms with Crippen LogP contribution in [0.5, 0.6) is 5.75 Å². The Morgan fingerprint density at radius 3 is 2.64 bits per heavy atom. The fourth-order valence-corrected chi connectivity index (χ4v) is 2.02. The van der Waals surface area contributed by atoms with Crippen LogP contribution in [0.15, 0.2) is 41.2 Å². The first-order chi connectivity index (χ1) is 12.0. The molecule has 0 saturated carbocycles. The Bertz CT molecular complexity index is 758. The Labute approximate surface area is 145 Å². The van der Waals surface area contributed by atoms with Crippen LogP contribution in [0.1, 0.15) is 16.1 Å². The lowest BCUT2D eigenvalue weighted by molar-refractivity contribution is 0.0284. The molecule has 2 N–H and O–H groups in total. The summed E-state index contributed by atoms with van der Waals surface area (Å²) in [6.45, 7) is 0.441. The molecule has 0 bridgehead atoms. The first-order valence-electron chi connectivity index (χ1n) is 7.71. The molecule has 1 aromatic heterocycles. The molecule has 0 aliphatic carbocycles. The lowest BCUT2D eigenvalue weighted by Gasteiger charge is -2.12. The van der Waals surface area contributed by atoms with E-state index in [2.05, 4.69) is 10.4 Å². The van der Waals surface area contributed by atoms with E-state index in [-0.39, 0.29) is 24.4 Å². The molecule has 0 fully saturated rings. The molecule has 0 spiro atoms. The minimum atomic E-state index is -0.852. The molecule has 0 aliphatic rings. The van der Waals surface area contributed by atoms with Crippen LogP contribution in [0.3, 0.4) is 0 Å². The number of benzene rings is 1. The molecule has 1 atom stereocenters. The van der Waals surface area contributed by atoms with Crippen molar-refractivity contribution in [3.8, 4) is 5.75 Å². The average Bonchev–Trinajstić information content (AvgIpc) is 2.62. The number of aromatic nitrogens is 2. The van der Waals surface area contributed by atoms with Crippen molar-refractivity contribution in [1.29, 1.82) is 0 Å². The number of ether oxygens (including phenoxy) is 2. The lowest BCUT2D eigenvalue weighted by Crippen LogP contribution is -2.36. The third kappa shape index (κ3) is 5.70. The van der Waals surface area contributed by atoms with Gasteiger partial charge in [-0.25, -0.2) is 4.68 Å². The minimum absolute atomic E-state index is 0.0198. The van der Waals surface area contributed by atoms with Gasteiger partial charge in [-0.1, -0.05) is 12.1 Å². The summed E-state index contributed by atoms with van der Waals surface area (Å²) in [6, 6.07) is 10.0. The van der Waals surface area contributed by atoms with Gasteiger partial charge in [0.2, 0.25) is 0 Å². The predicted molar refractivity (Wildman–Crippen MR) is 90.5 cm³/mol. The molecule has 1 heterocycles. The van der Waals surface area contributed by atoms with Crippen LogP contribution in [0, 0.1) is 0 Å². The van der Waals surface area contributed by atoms with Gasteiger partial charge in [-0.2, -0.15) is 5.10 Å². The van der Waals surface area contributed by atoms with Crippen molar-refractivity contribution in [2.75, 3.05) is 20.3 Å². The van der Waals surface area contributed by atoms with Crippen molar-refractivity contribution in [2.45, 2.75) is 12.7 Å². The van der Waals surface area contributed by atoms with Gasteiger partial charge < -0.3 is 19.9 Å². The summed E-state index contributed by atoms with van der Waals surface area (Å²) in [7, 11) is 3.06. The molecule has 0 aliphatic heterocycles. The molecule has 0 unspecified atom stereocenters. The Morgan fingerprint density at radius 1 is 1.28 bits per heavy atom. The van der Waals surface area contributed by atoms with Crippen LogP contribution in [-0.4, -0.2) is 47.2 Å². The number of nitrogens with zero attached hydrogens (tertiary/aromatic N) is 2. The standard InChI is InChI=1S/C17H21N3O5/c1-20-16(22)8-7-15(19-20)17(23)18-9-13(21)11-25-10-12-3-5-14(24-2)6-4-12/h3-8,13,21H,9-11H2,1-2H3,(H,18,23)/t13-/m1/s1. The lowest BCUT2D eigenvalue weighted by atomic mass is 10.2. The van der Waals surface area contributed by atoms with E-state index < -0.39 is 12.0 Å². The van der Waals surface area contributed by atoms with Gasteiger partial charge in [0.1, 0.15) is 11.4 Å². The molecule has 2 rings (SSSR count). The van der Waals surface area contributed by atoms with Gasteiger partial charge in [-0.15, -0.1) is 0 Å². The fourth-order valence-electron chi connectivity index (χ4n) is 2.02. The maximum Gasteiger partial charge on any atom is 0.271 e. The van der Waals surface area contributed by atoms with Crippen LogP contribution >= 0.6 is 0 Å². The van der Waals surface area contributed by atoms with Crippen molar-refractivity contribution in [2.24, 2.45) is 7.05 Å².